The third-order valence-electron chi connectivity index (χ3n) is 4.61. The summed E-state index contributed by atoms with van der Waals surface area (Å²) in [6, 6.07) is 1.96. The van der Waals surface area contributed by atoms with Crippen molar-refractivity contribution >= 4 is 0 Å². The van der Waals surface area contributed by atoms with Gasteiger partial charge in [-0.25, -0.2) is 0 Å². The number of rotatable bonds is 3. The lowest BCUT2D eigenvalue weighted by atomic mass is 9.83. The Labute approximate surface area is 100 Å². The van der Waals surface area contributed by atoms with Crippen LogP contribution in [0.3, 0.4) is 0 Å². The molecule has 94 valence electrons. The fourth-order valence-corrected chi connectivity index (χ4v) is 3.45. The van der Waals surface area contributed by atoms with E-state index in [1.54, 1.807) is 0 Å². The molecule has 2 fully saturated rings. The molecular weight excluding hydrogens is 196 g/mol. The maximum atomic E-state index is 6.03. The second-order valence-electron chi connectivity index (χ2n) is 5.92. The van der Waals surface area contributed by atoms with Gasteiger partial charge < -0.3 is 11.1 Å². The van der Waals surface area contributed by atoms with Crippen molar-refractivity contribution in [3.63, 3.8) is 0 Å². The predicted molar refractivity (Wildman–Crippen MR) is 69.4 cm³/mol. The minimum Gasteiger partial charge on any atom is -0.328 e. The van der Waals surface area contributed by atoms with Crippen LogP contribution < -0.4 is 11.1 Å². The lowest BCUT2D eigenvalue weighted by Crippen LogP contribution is -2.45. The zero-order chi connectivity index (χ0) is 11.4. The van der Waals surface area contributed by atoms with E-state index in [9.17, 15) is 0 Å². The van der Waals surface area contributed by atoms with Gasteiger partial charge in [-0.2, -0.15) is 0 Å². The molecule has 0 aromatic carbocycles. The molecule has 0 spiro atoms. The zero-order valence-electron chi connectivity index (χ0n) is 10.8. The van der Waals surface area contributed by atoms with E-state index >= 15 is 0 Å². The van der Waals surface area contributed by atoms with E-state index in [4.69, 9.17) is 5.73 Å². The van der Waals surface area contributed by atoms with Crippen molar-refractivity contribution < 1.29 is 0 Å². The normalized spacial score (nSPS) is 40.9. The summed E-state index contributed by atoms with van der Waals surface area (Å²) >= 11 is 0. The van der Waals surface area contributed by atoms with Gasteiger partial charge >= 0.3 is 0 Å². The summed E-state index contributed by atoms with van der Waals surface area (Å²) in [4.78, 5) is 0. The fraction of sp³-hybridized carbons (Fsp3) is 1.00. The van der Waals surface area contributed by atoms with Crippen LogP contribution in [0, 0.1) is 5.92 Å². The molecule has 2 aliphatic rings. The van der Waals surface area contributed by atoms with Crippen molar-refractivity contribution in [1.29, 1.82) is 0 Å². The first-order valence-corrected chi connectivity index (χ1v) is 7.29. The third-order valence-corrected chi connectivity index (χ3v) is 4.61. The molecule has 16 heavy (non-hydrogen) atoms. The molecular formula is C14H28N2. The van der Waals surface area contributed by atoms with Crippen LogP contribution in [0.2, 0.25) is 0 Å². The summed E-state index contributed by atoms with van der Waals surface area (Å²) in [5.41, 5.74) is 6.03. The van der Waals surface area contributed by atoms with Crippen LogP contribution in [0.15, 0.2) is 0 Å². The first kappa shape index (κ1) is 12.4. The smallest absolute Gasteiger partial charge is 0.00843 e. The van der Waals surface area contributed by atoms with Crippen LogP contribution in [0.1, 0.15) is 64.7 Å². The minimum atomic E-state index is 0.457. The molecule has 0 amide bonds. The summed E-state index contributed by atoms with van der Waals surface area (Å²) in [6.45, 7) is 2.33. The van der Waals surface area contributed by atoms with Crippen LogP contribution >= 0.6 is 0 Å². The lowest BCUT2D eigenvalue weighted by molar-refractivity contribution is 0.241. The highest BCUT2D eigenvalue weighted by molar-refractivity contribution is 4.85. The average molecular weight is 224 g/mol. The second kappa shape index (κ2) is 6.02. The lowest BCUT2D eigenvalue weighted by Gasteiger charge is -2.34. The Kier molecular flexibility index (Phi) is 4.66. The summed E-state index contributed by atoms with van der Waals surface area (Å²) in [6.07, 6.45) is 12.1. The van der Waals surface area contributed by atoms with Crippen molar-refractivity contribution in [2.24, 2.45) is 11.7 Å². The molecule has 2 saturated carbocycles. The summed E-state index contributed by atoms with van der Waals surface area (Å²) in [5.74, 6) is 1.01. The SMILES string of the molecule is CCC1CCC(NC2CCCC(N)C2)CC1. The Hall–Kier alpha value is -0.0800. The summed E-state index contributed by atoms with van der Waals surface area (Å²) in [7, 11) is 0. The van der Waals surface area contributed by atoms with E-state index < -0.39 is 0 Å². The van der Waals surface area contributed by atoms with Gasteiger partial charge in [0.15, 0.2) is 0 Å². The maximum absolute atomic E-state index is 6.03. The van der Waals surface area contributed by atoms with Gasteiger partial charge in [0.2, 0.25) is 0 Å². The predicted octanol–water partition coefficient (Wildman–Crippen LogP) is 2.81. The Bertz CT molecular complexity index is 197. The molecule has 2 heteroatoms. The molecule has 0 aromatic rings. The van der Waals surface area contributed by atoms with Gasteiger partial charge in [-0.15, -0.1) is 0 Å². The standard InChI is InChI=1S/C14H28N2/c1-2-11-6-8-13(9-7-11)16-14-5-3-4-12(15)10-14/h11-14,16H,2-10,15H2,1H3. The van der Waals surface area contributed by atoms with Gasteiger partial charge in [-0.3, -0.25) is 0 Å². The van der Waals surface area contributed by atoms with E-state index in [-0.39, 0.29) is 0 Å². The Balaban J connectivity index is 1.69. The highest BCUT2D eigenvalue weighted by atomic mass is 15.0. The van der Waals surface area contributed by atoms with Gasteiger partial charge in [0.05, 0.1) is 0 Å². The molecule has 3 N–H and O–H groups in total. The minimum absolute atomic E-state index is 0.457. The molecule has 0 heterocycles. The van der Waals surface area contributed by atoms with Crippen LogP contribution in [0.25, 0.3) is 0 Å². The van der Waals surface area contributed by atoms with E-state index in [0.717, 1.165) is 12.0 Å². The molecule has 0 aromatic heterocycles. The van der Waals surface area contributed by atoms with Gasteiger partial charge in [0.1, 0.15) is 0 Å². The van der Waals surface area contributed by atoms with Crippen LogP contribution in [0.5, 0.6) is 0 Å². The van der Waals surface area contributed by atoms with E-state index in [1.165, 1.54) is 57.8 Å². The molecule has 2 unspecified atom stereocenters. The van der Waals surface area contributed by atoms with Crippen LogP contribution in [-0.4, -0.2) is 18.1 Å². The Morgan fingerprint density at radius 2 is 1.75 bits per heavy atom. The highest BCUT2D eigenvalue weighted by Gasteiger charge is 2.24. The molecule has 2 atom stereocenters. The van der Waals surface area contributed by atoms with E-state index in [1.807, 2.05) is 0 Å². The van der Waals surface area contributed by atoms with Crippen molar-refractivity contribution in [2.75, 3.05) is 0 Å². The monoisotopic (exact) mass is 224 g/mol. The molecule has 0 saturated heterocycles. The summed E-state index contributed by atoms with van der Waals surface area (Å²) < 4.78 is 0. The number of nitrogens with two attached hydrogens (primary N) is 1. The van der Waals surface area contributed by atoms with Crippen LogP contribution in [-0.2, 0) is 0 Å². The zero-order valence-corrected chi connectivity index (χ0v) is 10.8. The molecule has 2 nitrogen and oxygen atoms in total. The Morgan fingerprint density at radius 1 is 1.00 bits per heavy atom. The van der Waals surface area contributed by atoms with Crippen molar-refractivity contribution in [3.05, 3.63) is 0 Å². The topological polar surface area (TPSA) is 38.0 Å². The second-order valence-corrected chi connectivity index (χ2v) is 5.92. The number of hydrogen-bond donors (Lipinski definition) is 2. The van der Waals surface area contributed by atoms with E-state index in [2.05, 4.69) is 12.2 Å². The van der Waals surface area contributed by atoms with Crippen molar-refractivity contribution in [2.45, 2.75) is 82.8 Å². The Morgan fingerprint density at radius 3 is 2.38 bits per heavy atom. The molecule has 0 radical (unpaired) electrons. The molecule has 2 aliphatic carbocycles. The molecule has 2 rings (SSSR count). The average Bonchev–Trinajstić information content (AvgIpc) is 2.30. The van der Waals surface area contributed by atoms with Crippen molar-refractivity contribution in [3.8, 4) is 0 Å². The van der Waals surface area contributed by atoms with Gasteiger partial charge in [0, 0.05) is 18.1 Å². The van der Waals surface area contributed by atoms with Crippen LogP contribution in [0.4, 0.5) is 0 Å². The first-order chi connectivity index (χ1) is 7.78. The molecule has 0 bridgehead atoms. The van der Waals surface area contributed by atoms with Gasteiger partial charge in [0.25, 0.3) is 0 Å². The van der Waals surface area contributed by atoms with E-state index in [0.29, 0.717) is 12.1 Å². The molecule has 0 aliphatic heterocycles. The third kappa shape index (κ3) is 3.46. The summed E-state index contributed by atoms with van der Waals surface area (Å²) in [5, 5.41) is 3.85. The quantitative estimate of drug-likeness (QED) is 0.773. The number of hydrogen-bond acceptors (Lipinski definition) is 2. The van der Waals surface area contributed by atoms with Gasteiger partial charge in [-0.05, 0) is 50.9 Å². The fourth-order valence-electron chi connectivity index (χ4n) is 3.45. The van der Waals surface area contributed by atoms with Gasteiger partial charge in [-0.1, -0.05) is 19.8 Å². The van der Waals surface area contributed by atoms with Crippen molar-refractivity contribution in [1.82, 2.24) is 5.32 Å². The maximum Gasteiger partial charge on any atom is 0.00843 e. The largest absolute Gasteiger partial charge is 0.328 e. The number of nitrogens with one attached hydrogen (secondary N) is 1. The first-order valence-electron chi connectivity index (χ1n) is 7.29. The highest BCUT2D eigenvalue weighted by Crippen LogP contribution is 2.28.